The molecule has 0 spiro atoms. The number of rotatable bonds is 5. The second kappa shape index (κ2) is 5.82. The number of hydrogen-bond donors (Lipinski definition) is 2. The number of amidine groups is 1. The molecule has 0 aromatic heterocycles. The van der Waals surface area contributed by atoms with E-state index in [1.54, 1.807) is 12.1 Å². The SMILES string of the molecule is CN(CCC(=N)N)Cc1cccc(Cl)c1F. The lowest BCUT2D eigenvalue weighted by atomic mass is 10.2. The van der Waals surface area contributed by atoms with Crippen molar-refractivity contribution >= 4 is 17.4 Å². The summed E-state index contributed by atoms with van der Waals surface area (Å²) in [5.74, 6) is -0.239. The minimum atomic E-state index is -0.376. The maximum atomic E-state index is 13.5. The van der Waals surface area contributed by atoms with E-state index in [0.717, 1.165) is 0 Å². The first kappa shape index (κ1) is 12.9. The molecule has 0 heterocycles. The molecule has 1 rings (SSSR count). The number of halogens is 2. The van der Waals surface area contributed by atoms with Gasteiger partial charge in [-0.3, -0.25) is 5.41 Å². The third-order valence-corrected chi connectivity index (χ3v) is 2.53. The summed E-state index contributed by atoms with van der Waals surface area (Å²) in [4.78, 5) is 1.90. The molecule has 3 nitrogen and oxygen atoms in total. The Morgan fingerprint density at radius 3 is 2.88 bits per heavy atom. The molecular formula is C11H15ClFN3. The van der Waals surface area contributed by atoms with Crippen LogP contribution in [0.4, 0.5) is 4.39 Å². The van der Waals surface area contributed by atoms with Crippen molar-refractivity contribution in [3.8, 4) is 0 Å². The molecule has 1 aromatic rings. The lowest BCUT2D eigenvalue weighted by Crippen LogP contribution is -2.24. The summed E-state index contributed by atoms with van der Waals surface area (Å²) in [6.45, 7) is 1.08. The Morgan fingerprint density at radius 2 is 2.25 bits per heavy atom. The molecule has 3 N–H and O–H groups in total. The molecular weight excluding hydrogens is 229 g/mol. The second-order valence-electron chi connectivity index (χ2n) is 3.73. The zero-order chi connectivity index (χ0) is 12.1. The Kier molecular flexibility index (Phi) is 4.71. The fraction of sp³-hybridized carbons (Fsp3) is 0.364. The van der Waals surface area contributed by atoms with E-state index in [4.69, 9.17) is 22.7 Å². The topological polar surface area (TPSA) is 53.1 Å². The molecule has 0 fully saturated rings. The van der Waals surface area contributed by atoms with Gasteiger partial charge in [0.2, 0.25) is 0 Å². The Bertz CT molecular complexity index is 381. The van der Waals surface area contributed by atoms with Gasteiger partial charge in [-0.25, -0.2) is 4.39 Å². The van der Waals surface area contributed by atoms with Gasteiger partial charge in [0.15, 0.2) is 0 Å². The molecule has 0 amide bonds. The van der Waals surface area contributed by atoms with E-state index in [2.05, 4.69) is 0 Å². The van der Waals surface area contributed by atoms with Crippen molar-refractivity contribution in [2.75, 3.05) is 13.6 Å². The van der Waals surface area contributed by atoms with E-state index in [1.165, 1.54) is 6.07 Å². The first-order valence-corrected chi connectivity index (χ1v) is 5.33. The molecule has 0 aliphatic rings. The molecule has 1 aromatic carbocycles. The monoisotopic (exact) mass is 243 g/mol. The fourth-order valence-corrected chi connectivity index (χ4v) is 1.55. The van der Waals surface area contributed by atoms with Crippen molar-refractivity contribution < 1.29 is 4.39 Å². The summed E-state index contributed by atoms with van der Waals surface area (Å²) in [7, 11) is 1.85. The Balaban J connectivity index is 2.59. The summed E-state index contributed by atoms with van der Waals surface area (Å²) in [6.07, 6.45) is 0.485. The van der Waals surface area contributed by atoms with Crippen LogP contribution >= 0.6 is 11.6 Å². The maximum Gasteiger partial charge on any atom is 0.146 e. The number of nitrogens with one attached hydrogen (secondary N) is 1. The first-order valence-electron chi connectivity index (χ1n) is 4.95. The predicted octanol–water partition coefficient (Wildman–Crippen LogP) is 2.24. The van der Waals surface area contributed by atoms with Crippen molar-refractivity contribution in [1.82, 2.24) is 4.90 Å². The van der Waals surface area contributed by atoms with Gasteiger partial charge in [-0.1, -0.05) is 23.7 Å². The van der Waals surface area contributed by atoms with Crippen LogP contribution in [0.15, 0.2) is 18.2 Å². The number of nitrogens with two attached hydrogens (primary N) is 1. The van der Waals surface area contributed by atoms with E-state index in [-0.39, 0.29) is 16.7 Å². The molecule has 0 saturated carbocycles. The van der Waals surface area contributed by atoms with Crippen LogP contribution in [0.2, 0.25) is 5.02 Å². The molecule has 0 atom stereocenters. The smallest absolute Gasteiger partial charge is 0.146 e. The highest BCUT2D eigenvalue weighted by molar-refractivity contribution is 6.30. The molecule has 0 unspecified atom stereocenters. The molecule has 0 saturated heterocycles. The fourth-order valence-electron chi connectivity index (χ4n) is 1.35. The van der Waals surface area contributed by atoms with Crippen molar-refractivity contribution in [3.05, 3.63) is 34.6 Å². The highest BCUT2D eigenvalue weighted by Crippen LogP contribution is 2.18. The molecule has 16 heavy (non-hydrogen) atoms. The molecule has 0 radical (unpaired) electrons. The van der Waals surface area contributed by atoms with E-state index in [0.29, 0.717) is 25.1 Å². The average Bonchev–Trinajstić information content (AvgIpc) is 2.22. The zero-order valence-corrected chi connectivity index (χ0v) is 9.89. The second-order valence-corrected chi connectivity index (χ2v) is 4.13. The summed E-state index contributed by atoms with van der Waals surface area (Å²) in [5.41, 5.74) is 5.80. The van der Waals surface area contributed by atoms with Gasteiger partial charge in [0.25, 0.3) is 0 Å². The standard InChI is InChI=1S/C11H15ClFN3/c1-16(6-5-10(14)15)7-8-3-2-4-9(12)11(8)13/h2-4H,5-7H2,1H3,(H3,14,15). The van der Waals surface area contributed by atoms with Crippen LogP contribution in [-0.2, 0) is 6.54 Å². The third kappa shape index (κ3) is 3.79. The van der Waals surface area contributed by atoms with Crippen molar-refractivity contribution in [1.29, 1.82) is 5.41 Å². The number of benzene rings is 1. The van der Waals surface area contributed by atoms with E-state index in [1.807, 2.05) is 11.9 Å². The first-order chi connectivity index (χ1) is 7.50. The maximum absolute atomic E-state index is 13.5. The lowest BCUT2D eigenvalue weighted by Gasteiger charge is -2.16. The lowest BCUT2D eigenvalue weighted by molar-refractivity contribution is 0.330. The molecule has 5 heteroatoms. The number of nitrogens with zero attached hydrogens (tertiary/aromatic N) is 1. The predicted molar refractivity (Wildman–Crippen MR) is 64.3 cm³/mol. The highest BCUT2D eigenvalue weighted by atomic mass is 35.5. The van der Waals surface area contributed by atoms with Crippen LogP contribution in [0.5, 0.6) is 0 Å². The van der Waals surface area contributed by atoms with Gasteiger partial charge in [-0.15, -0.1) is 0 Å². The molecule has 0 aliphatic carbocycles. The minimum absolute atomic E-state index is 0.137. The highest BCUT2D eigenvalue weighted by Gasteiger charge is 2.08. The van der Waals surface area contributed by atoms with Crippen LogP contribution in [0.1, 0.15) is 12.0 Å². The Morgan fingerprint density at radius 1 is 1.56 bits per heavy atom. The van der Waals surface area contributed by atoms with Gasteiger partial charge < -0.3 is 10.6 Å². The van der Waals surface area contributed by atoms with Crippen molar-refractivity contribution in [2.24, 2.45) is 5.73 Å². The molecule has 0 aliphatic heterocycles. The van der Waals surface area contributed by atoms with E-state index < -0.39 is 0 Å². The summed E-state index contributed by atoms with van der Waals surface area (Å²) < 4.78 is 13.5. The normalized spacial score (nSPS) is 10.8. The summed E-state index contributed by atoms with van der Waals surface area (Å²) in [6, 6.07) is 4.95. The Hall–Kier alpha value is -1.13. The van der Waals surface area contributed by atoms with Crippen LogP contribution in [0.3, 0.4) is 0 Å². The largest absolute Gasteiger partial charge is 0.388 e. The van der Waals surface area contributed by atoms with Crippen LogP contribution in [-0.4, -0.2) is 24.3 Å². The van der Waals surface area contributed by atoms with E-state index >= 15 is 0 Å². The zero-order valence-electron chi connectivity index (χ0n) is 9.13. The molecule has 0 bridgehead atoms. The average molecular weight is 244 g/mol. The van der Waals surface area contributed by atoms with Gasteiger partial charge in [-0.05, 0) is 13.1 Å². The van der Waals surface area contributed by atoms with Gasteiger partial charge in [0.05, 0.1) is 10.9 Å². The summed E-state index contributed by atoms with van der Waals surface area (Å²) in [5, 5.41) is 7.24. The van der Waals surface area contributed by atoms with E-state index in [9.17, 15) is 4.39 Å². The van der Waals surface area contributed by atoms with Crippen molar-refractivity contribution in [2.45, 2.75) is 13.0 Å². The summed E-state index contributed by atoms with van der Waals surface area (Å²) >= 11 is 5.68. The quantitative estimate of drug-likeness (QED) is 0.616. The number of hydrogen-bond acceptors (Lipinski definition) is 2. The van der Waals surface area contributed by atoms with Gasteiger partial charge >= 0.3 is 0 Å². The van der Waals surface area contributed by atoms with Gasteiger partial charge in [-0.2, -0.15) is 0 Å². The Labute approximate surface area is 99.5 Å². The molecule has 88 valence electrons. The van der Waals surface area contributed by atoms with Crippen LogP contribution in [0, 0.1) is 11.2 Å². The third-order valence-electron chi connectivity index (χ3n) is 2.23. The van der Waals surface area contributed by atoms with Gasteiger partial charge in [0.1, 0.15) is 5.82 Å². The van der Waals surface area contributed by atoms with Crippen LogP contribution < -0.4 is 5.73 Å². The van der Waals surface area contributed by atoms with Crippen LogP contribution in [0.25, 0.3) is 0 Å². The van der Waals surface area contributed by atoms with Crippen molar-refractivity contribution in [3.63, 3.8) is 0 Å². The minimum Gasteiger partial charge on any atom is -0.388 e. The van der Waals surface area contributed by atoms with Gasteiger partial charge in [0, 0.05) is 25.1 Å².